The second kappa shape index (κ2) is 5.10. The molecule has 5 nitrogen and oxygen atoms in total. The maximum Gasteiger partial charge on any atom is 0.245 e. The summed E-state index contributed by atoms with van der Waals surface area (Å²) in [6, 6.07) is 1.85. The molecule has 1 heterocycles. The molecule has 1 fully saturated rings. The quantitative estimate of drug-likeness (QED) is 0.765. The zero-order valence-corrected chi connectivity index (χ0v) is 11.1. The van der Waals surface area contributed by atoms with Gasteiger partial charge in [0, 0.05) is 11.8 Å². The monoisotopic (exact) mass is 250 g/mol. The minimum Gasteiger partial charge on any atom is -0.317 e. The third-order valence-corrected chi connectivity index (χ3v) is 3.74. The van der Waals surface area contributed by atoms with E-state index in [2.05, 4.69) is 22.4 Å². The number of nitrogens with zero attached hydrogens (tertiary/aromatic N) is 1. The Bertz CT molecular complexity index is 428. The molecule has 0 radical (unpaired) electrons. The number of nitrogens with one attached hydrogen (secondary N) is 2. The van der Waals surface area contributed by atoms with Gasteiger partial charge in [0.25, 0.3) is 0 Å². The second-order valence-corrected chi connectivity index (χ2v) is 5.44. The zero-order valence-electron chi connectivity index (χ0n) is 11.1. The van der Waals surface area contributed by atoms with E-state index in [9.17, 15) is 4.79 Å². The summed E-state index contributed by atoms with van der Waals surface area (Å²) in [5.41, 5.74) is 6.50. The normalized spacial score (nSPS) is 28.1. The van der Waals surface area contributed by atoms with Crippen LogP contribution in [0.15, 0.2) is 6.07 Å². The SMILES string of the molecule is CCc1cc(NC(=O)C2(N)CCCC(C)C2)n[nH]1. The lowest BCUT2D eigenvalue weighted by molar-refractivity contribution is -0.122. The summed E-state index contributed by atoms with van der Waals surface area (Å²) < 4.78 is 0. The topological polar surface area (TPSA) is 83.8 Å². The fraction of sp³-hybridized carbons (Fsp3) is 0.692. The number of nitrogens with two attached hydrogens (primary N) is 1. The van der Waals surface area contributed by atoms with Crippen molar-refractivity contribution in [3.63, 3.8) is 0 Å². The molecule has 1 aromatic rings. The first-order valence-electron chi connectivity index (χ1n) is 6.68. The summed E-state index contributed by atoms with van der Waals surface area (Å²) in [6.07, 6.45) is 4.56. The van der Waals surface area contributed by atoms with Crippen LogP contribution in [0, 0.1) is 5.92 Å². The van der Waals surface area contributed by atoms with Crippen molar-refractivity contribution < 1.29 is 4.79 Å². The van der Waals surface area contributed by atoms with Crippen molar-refractivity contribution in [3.05, 3.63) is 11.8 Å². The van der Waals surface area contributed by atoms with E-state index in [1.807, 2.05) is 13.0 Å². The maximum absolute atomic E-state index is 12.2. The molecule has 2 rings (SSSR count). The van der Waals surface area contributed by atoms with Crippen molar-refractivity contribution in [2.24, 2.45) is 11.7 Å². The molecular formula is C13H22N4O. The number of hydrogen-bond donors (Lipinski definition) is 3. The van der Waals surface area contributed by atoms with Crippen LogP contribution < -0.4 is 11.1 Å². The number of carbonyl (C=O) groups excluding carboxylic acids is 1. The first-order chi connectivity index (χ1) is 8.53. The summed E-state index contributed by atoms with van der Waals surface area (Å²) in [4.78, 5) is 12.2. The molecule has 1 aromatic heterocycles. The molecule has 0 aromatic carbocycles. The summed E-state index contributed by atoms with van der Waals surface area (Å²) >= 11 is 0. The van der Waals surface area contributed by atoms with Crippen molar-refractivity contribution in [1.29, 1.82) is 0 Å². The highest BCUT2D eigenvalue weighted by Crippen LogP contribution is 2.31. The number of rotatable bonds is 3. The number of aryl methyl sites for hydroxylation is 1. The van der Waals surface area contributed by atoms with Gasteiger partial charge in [0.1, 0.15) is 0 Å². The van der Waals surface area contributed by atoms with Gasteiger partial charge in [-0.1, -0.05) is 26.7 Å². The highest BCUT2D eigenvalue weighted by molar-refractivity contribution is 5.97. The molecule has 1 amide bonds. The lowest BCUT2D eigenvalue weighted by atomic mass is 9.76. The molecule has 1 aliphatic rings. The number of aromatic amines is 1. The summed E-state index contributed by atoms with van der Waals surface area (Å²) in [7, 11) is 0. The largest absolute Gasteiger partial charge is 0.317 e. The van der Waals surface area contributed by atoms with Crippen LogP contribution in [0.25, 0.3) is 0 Å². The zero-order chi connectivity index (χ0) is 13.2. The molecule has 100 valence electrons. The predicted octanol–water partition coefficient (Wildman–Crippen LogP) is 1.82. The average molecular weight is 250 g/mol. The van der Waals surface area contributed by atoms with Gasteiger partial charge >= 0.3 is 0 Å². The Morgan fingerprint density at radius 2 is 2.50 bits per heavy atom. The summed E-state index contributed by atoms with van der Waals surface area (Å²) in [5.74, 6) is 0.975. The average Bonchev–Trinajstić information content (AvgIpc) is 2.76. The van der Waals surface area contributed by atoms with Gasteiger partial charge in [-0.25, -0.2) is 0 Å². The number of carbonyl (C=O) groups is 1. The van der Waals surface area contributed by atoms with Crippen LogP contribution >= 0.6 is 0 Å². The van der Waals surface area contributed by atoms with Crippen LogP contribution in [0.3, 0.4) is 0 Å². The Balaban J connectivity index is 2.02. The molecule has 0 aliphatic heterocycles. The smallest absolute Gasteiger partial charge is 0.245 e. The van der Waals surface area contributed by atoms with E-state index in [1.165, 1.54) is 0 Å². The Labute approximate surface area is 108 Å². The van der Waals surface area contributed by atoms with Gasteiger partial charge in [-0.15, -0.1) is 0 Å². The van der Waals surface area contributed by atoms with Gasteiger partial charge in [-0.05, 0) is 25.2 Å². The van der Waals surface area contributed by atoms with Gasteiger partial charge < -0.3 is 11.1 Å². The molecule has 1 aliphatic carbocycles. The van der Waals surface area contributed by atoms with Crippen LogP contribution in [0.2, 0.25) is 0 Å². The number of H-pyrrole nitrogens is 1. The molecule has 2 unspecified atom stereocenters. The van der Waals surface area contributed by atoms with Crippen molar-refractivity contribution in [2.75, 3.05) is 5.32 Å². The van der Waals surface area contributed by atoms with Gasteiger partial charge in [0.05, 0.1) is 5.54 Å². The Morgan fingerprint density at radius 3 is 3.11 bits per heavy atom. The first kappa shape index (κ1) is 13.1. The van der Waals surface area contributed by atoms with Crippen LogP contribution in [0.5, 0.6) is 0 Å². The van der Waals surface area contributed by atoms with E-state index in [-0.39, 0.29) is 5.91 Å². The van der Waals surface area contributed by atoms with Crippen LogP contribution in [-0.2, 0) is 11.2 Å². The minimum absolute atomic E-state index is 0.108. The molecule has 2 atom stereocenters. The number of hydrogen-bond acceptors (Lipinski definition) is 3. The second-order valence-electron chi connectivity index (χ2n) is 5.44. The van der Waals surface area contributed by atoms with Gasteiger partial charge in [-0.2, -0.15) is 5.10 Å². The van der Waals surface area contributed by atoms with E-state index in [1.54, 1.807) is 0 Å². The number of amides is 1. The van der Waals surface area contributed by atoms with Gasteiger partial charge in [0.15, 0.2) is 5.82 Å². The molecule has 0 saturated heterocycles. The number of anilines is 1. The predicted molar refractivity (Wildman–Crippen MR) is 71.1 cm³/mol. The Morgan fingerprint density at radius 1 is 1.72 bits per heavy atom. The van der Waals surface area contributed by atoms with Crippen molar-refractivity contribution in [3.8, 4) is 0 Å². The third-order valence-electron chi connectivity index (χ3n) is 3.74. The lowest BCUT2D eigenvalue weighted by Crippen LogP contribution is -2.53. The van der Waals surface area contributed by atoms with Gasteiger partial charge in [0.2, 0.25) is 5.91 Å². The molecule has 0 bridgehead atoms. The molecule has 1 saturated carbocycles. The lowest BCUT2D eigenvalue weighted by Gasteiger charge is -2.34. The van der Waals surface area contributed by atoms with E-state index in [0.29, 0.717) is 11.7 Å². The number of aromatic nitrogens is 2. The van der Waals surface area contributed by atoms with Crippen LogP contribution in [-0.4, -0.2) is 21.6 Å². The van der Waals surface area contributed by atoms with E-state index >= 15 is 0 Å². The maximum atomic E-state index is 12.2. The van der Waals surface area contributed by atoms with Crippen LogP contribution in [0.4, 0.5) is 5.82 Å². The third kappa shape index (κ3) is 2.72. The molecule has 4 N–H and O–H groups in total. The summed E-state index contributed by atoms with van der Waals surface area (Å²) in [5, 5.41) is 9.76. The van der Waals surface area contributed by atoms with Crippen molar-refractivity contribution in [2.45, 2.75) is 51.5 Å². The van der Waals surface area contributed by atoms with E-state index in [0.717, 1.165) is 37.8 Å². The fourth-order valence-corrected chi connectivity index (χ4v) is 2.65. The molecular weight excluding hydrogens is 228 g/mol. The minimum atomic E-state index is -0.733. The highest BCUT2D eigenvalue weighted by Gasteiger charge is 2.38. The molecule has 5 heteroatoms. The fourth-order valence-electron chi connectivity index (χ4n) is 2.65. The first-order valence-corrected chi connectivity index (χ1v) is 6.68. The highest BCUT2D eigenvalue weighted by atomic mass is 16.2. The standard InChI is InChI=1S/C13H22N4O/c1-3-10-7-11(17-16-10)15-12(18)13(14)6-4-5-9(2)8-13/h7,9H,3-6,8,14H2,1-2H3,(H2,15,16,17,18). The van der Waals surface area contributed by atoms with Crippen LogP contribution in [0.1, 0.15) is 45.2 Å². The molecule has 0 spiro atoms. The van der Waals surface area contributed by atoms with Gasteiger partial charge in [-0.3, -0.25) is 9.89 Å². The van der Waals surface area contributed by atoms with E-state index in [4.69, 9.17) is 5.73 Å². The Kier molecular flexibility index (Phi) is 3.71. The van der Waals surface area contributed by atoms with E-state index < -0.39 is 5.54 Å². The summed E-state index contributed by atoms with van der Waals surface area (Å²) in [6.45, 7) is 4.18. The van der Waals surface area contributed by atoms with Crippen molar-refractivity contribution >= 4 is 11.7 Å². The molecule has 18 heavy (non-hydrogen) atoms. The van der Waals surface area contributed by atoms with Crippen molar-refractivity contribution in [1.82, 2.24) is 10.2 Å². The Hall–Kier alpha value is -1.36.